The van der Waals surface area contributed by atoms with Crippen LogP contribution in [-0.4, -0.2) is 44.4 Å². The summed E-state index contributed by atoms with van der Waals surface area (Å²) < 4.78 is 9.79. The first kappa shape index (κ1) is 17.9. The van der Waals surface area contributed by atoms with Gasteiger partial charge in [0.15, 0.2) is 0 Å². The maximum atomic E-state index is 11.7. The van der Waals surface area contributed by atoms with Crippen LogP contribution in [-0.2, 0) is 20.7 Å². The Balaban J connectivity index is 2.17. The number of amides is 2. The second kappa shape index (κ2) is 10.6. The molecule has 1 atom stereocenters. The second-order valence-corrected chi connectivity index (χ2v) is 4.45. The lowest BCUT2D eigenvalue weighted by Crippen LogP contribution is -2.50. The Bertz CT molecular complexity index is 455. The molecule has 22 heavy (non-hydrogen) atoms. The van der Waals surface area contributed by atoms with Crippen LogP contribution in [0.3, 0.4) is 0 Å². The van der Waals surface area contributed by atoms with Gasteiger partial charge in [-0.2, -0.15) is 0 Å². The number of nitrogens with one attached hydrogen (secondary N) is 2. The van der Waals surface area contributed by atoms with Crippen molar-refractivity contribution >= 4 is 12.0 Å². The fourth-order valence-electron chi connectivity index (χ4n) is 1.58. The lowest BCUT2D eigenvalue weighted by atomic mass is 10.1. The van der Waals surface area contributed by atoms with Gasteiger partial charge >= 0.3 is 6.09 Å². The van der Waals surface area contributed by atoms with E-state index in [1.54, 1.807) is 0 Å². The molecule has 122 valence electrons. The third-order valence-electron chi connectivity index (χ3n) is 2.65. The quantitative estimate of drug-likeness (QED) is 0.371. The highest BCUT2D eigenvalue weighted by molar-refractivity contribution is 5.83. The molecule has 0 bridgehead atoms. The molecule has 6 N–H and O–H groups in total. The highest BCUT2D eigenvalue weighted by atomic mass is 16.6. The molecule has 0 aliphatic carbocycles. The van der Waals surface area contributed by atoms with Crippen molar-refractivity contribution in [1.29, 1.82) is 0 Å². The van der Waals surface area contributed by atoms with Gasteiger partial charge in [-0.1, -0.05) is 30.3 Å². The lowest BCUT2D eigenvalue weighted by molar-refractivity contribution is -0.123. The molecule has 0 aromatic heterocycles. The Hall–Kier alpha value is -2.16. The first-order valence-corrected chi connectivity index (χ1v) is 6.93. The normalized spacial score (nSPS) is 11.5. The molecule has 0 saturated heterocycles. The SMILES string of the molecule is NCCOCCOC(=O)NNC(=O)C(N)Cc1ccccc1. The predicted octanol–water partition coefficient (Wildman–Crippen LogP) is -0.711. The van der Waals surface area contributed by atoms with Gasteiger partial charge in [-0.25, -0.2) is 10.2 Å². The van der Waals surface area contributed by atoms with Gasteiger partial charge in [-0.05, 0) is 12.0 Å². The Kier molecular flexibility index (Phi) is 8.58. The summed E-state index contributed by atoms with van der Waals surface area (Å²) >= 11 is 0. The van der Waals surface area contributed by atoms with Gasteiger partial charge in [-0.15, -0.1) is 0 Å². The summed E-state index contributed by atoms with van der Waals surface area (Å²) in [5.74, 6) is -0.500. The van der Waals surface area contributed by atoms with Crippen molar-refractivity contribution in [3.63, 3.8) is 0 Å². The number of hydrogen-bond acceptors (Lipinski definition) is 6. The van der Waals surface area contributed by atoms with Gasteiger partial charge in [-0.3, -0.25) is 10.2 Å². The van der Waals surface area contributed by atoms with Gasteiger partial charge in [0.25, 0.3) is 5.91 Å². The number of rotatable bonds is 8. The van der Waals surface area contributed by atoms with Crippen LogP contribution in [0.25, 0.3) is 0 Å². The standard InChI is InChI=1S/C14H22N4O4/c15-6-7-21-8-9-22-14(20)18-17-13(19)12(16)10-11-4-2-1-3-5-11/h1-5,12H,6-10,15-16H2,(H,17,19)(H,18,20). The van der Waals surface area contributed by atoms with E-state index < -0.39 is 18.0 Å². The Morgan fingerprint density at radius 1 is 1.09 bits per heavy atom. The lowest BCUT2D eigenvalue weighted by Gasteiger charge is -2.13. The summed E-state index contributed by atoms with van der Waals surface area (Å²) in [5, 5.41) is 0. The number of nitrogens with two attached hydrogens (primary N) is 2. The topological polar surface area (TPSA) is 129 Å². The molecule has 1 aromatic rings. The van der Waals surface area contributed by atoms with Crippen LogP contribution >= 0.6 is 0 Å². The first-order chi connectivity index (χ1) is 10.6. The molecule has 0 radical (unpaired) electrons. The zero-order chi connectivity index (χ0) is 16.2. The molecule has 0 heterocycles. The van der Waals surface area contributed by atoms with E-state index in [1.807, 2.05) is 30.3 Å². The van der Waals surface area contributed by atoms with Crippen LogP contribution in [0.15, 0.2) is 30.3 Å². The third-order valence-corrected chi connectivity index (χ3v) is 2.65. The van der Waals surface area contributed by atoms with Crippen LogP contribution in [0.5, 0.6) is 0 Å². The maximum absolute atomic E-state index is 11.7. The van der Waals surface area contributed by atoms with E-state index in [0.29, 0.717) is 19.6 Å². The monoisotopic (exact) mass is 310 g/mol. The van der Waals surface area contributed by atoms with E-state index in [-0.39, 0.29) is 13.2 Å². The summed E-state index contributed by atoms with van der Waals surface area (Å²) in [4.78, 5) is 23.0. The fraction of sp³-hybridized carbons (Fsp3) is 0.429. The number of carbonyl (C=O) groups is 2. The average Bonchev–Trinajstić information content (AvgIpc) is 2.53. The zero-order valence-corrected chi connectivity index (χ0v) is 12.3. The molecule has 1 aromatic carbocycles. The van der Waals surface area contributed by atoms with E-state index in [1.165, 1.54) is 0 Å². The molecule has 1 unspecified atom stereocenters. The number of benzene rings is 1. The second-order valence-electron chi connectivity index (χ2n) is 4.45. The highest BCUT2D eigenvalue weighted by Gasteiger charge is 2.14. The zero-order valence-electron chi connectivity index (χ0n) is 12.3. The largest absolute Gasteiger partial charge is 0.446 e. The van der Waals surface area contributed by atoms with Crippen LogP contribution < -0.4 is 22.3 Å². The number of carbonyl (C=O) groups excluding carboxylic acids is 2. The molecule has 8 heteroatoms. The minimum absolute atomic E-state index is 0.0672. The summed E-state index contributed by atoms with van der Waals surface area (Å²) in [6.07, 6.45) is -0.410. The predicted molar refractivity (Wildman–Crippen MR) is 80.6 cm³/mol. The summed E-state index contributed by atoms with van der Waals surface area (Å²) in [6.45, 7) is 1.11. The minimum atomic E-state index is -0.781. The van der Waals surface area contributed by atoms with Crippen LogP contribution in [0.2, 0.25) is 0 Å². The molecule has 0 aliphatic heterocycles. The van der Waals surface area contributed by atoms with Crippen molar-refractivity contribution in [1.82, 2.24) is 10.9 Å². The number of hydrazine groups is 1. The fourth-order valence-corrected chi connectivity index (χ4v) is 1.58. The van der Waals surface area contributed by atoms with Crippen molar-refractivity contribution in [3.05, 3.63) is 35.9 Å². The summed E-state index contributed by atoms with van der Waals surface area (Å²) in [7, 11) is 0. The summed E-state index contributed by atoms with van der Waals surface area (Å²) in [6, 6.07) is 8.58. The minimum Gasteiger partial charge on any atom is -0.446 e. The van der Waals surface area contributed by atoms with E-state index >= 15 is 0 Å². The third kappa shape index (κ3) is 7.58. The van der Waals surface area contributed by atoms with Crippen LogP contribution in [0.1, 0.15) is 5.56 Å². The molecule has 2 amide bonds. The molecule has 0 aliphatic rings. The van der Waals surface area contributed by atoms with Crippen molar-refractivity contribution in [3.8, 4) is 0 Å². The van der Waals surface area contributed by atoms with Gasteiger partial charge in [0, 0.05) is 6.54 Å². The van der Waals surface area contributed by atoms with Crippen LogP contribution in [0.4, 0.5) is 4.79 Å². The van der Waals surface area contributed by atoms with Crippen molar-refractivity contribution in [2.45, 2.75) is 12.5 Å². The molecular weight excluding hydrogens is 288 g/mol. The van der Waals surface area contributed by atoms with E-state index in [4.69, 9.17) is 20.9 Å². The smallest absolute Gasteiger partial charge is 0.426 e. The molecule has 0 fully saturated rings. The van der Waals surface area contributed by atoms with Crippen molar-refractivity contribution in [2.75, 3.05) is 26.4 Å². The number of hydrogen-bond donors (Lipinski definition) is 4. The van der Waals surface area contributed by atoms with Gasteiger partial charge in [0.1, 0.15) is 6.61 Å². The van der Waals surface area contributed by atoms with Crippen molar-refractivity contribution < 1.29 is 19.1 Å². The van der Waals surface area contributed by atoms with Crippen molar-refractivity contribution in [2.24, 2.45) is 11.5 Å². The maximum Gasteiger partial charge on any atom is 0.426 e. The molecule has 0 saturated carbocycles. The van der Waals surface area contributed by atoms with E-state index in [9.17, 15) is 9.59 Å². The van der Waals surface area contributed by atoms with E-state index in [2.05, 4.69) is 10.9 Å². The van der Waals surface area contributed by atoms with Crippen LogP contribution in [0, 0.1) is 0 Å². The number of ether oxygens (including phenoxy) is 2. The molecule has 0 spiro atoms. The highest BCUT2D eigenvalue weighted by Crippen LogP contribution is 2.01. The van der Waals surface area contributed by atoms with Gasteiger partial charge in [0.05, 0.1) is 19.3 Å². The molecule has 8 nitrogen and oxygen atoms in total. The molecule has 1 rings (SSSR count). The Morgan fingerprint density at radius 2 is 1.82 bits per heavy atom. The Morgan fingerprint density at radius 3 is 2.50 bits per heavy atom. The Labute approximate surface area is 129 Å². The average molecular weight is 310 g/mol. The van der Waals surface area contributed by atoms with Gasteiger partial charge in [0.2, 0.25) is 0 Å². The summed E-state index contributed by atoms with van der Waals surface area (Å²) in [5.41, 5.74) is 16.2. The first-order valence-electron chi connectivity index (χ1n) is 6.93. The van der Waals surface area contributed by atoms with E-state index in [0.717, 1.165) is 5.56 Å². The van der Waals surface area contributed by atoms with Gasteiger partial charge < -0.3 is 20.9 Å². The molecular formula is C14H22N4O4.